The van der Waals surface area contributed by atoms with Crippen LogP contribution in [0.5, 0.6) is 11.8 Å². The molecule has 37 heteroatoms. The summed E-state index contributed by atoms with van der Waals surface area (Å²) in [6.45, 7) is 9.48. The highest BCUT2D eigenvalue weighted by Crippen LogP contribution is 2.28. The van der Waals surface area contributed by atoms with Crippen LogP contribution in [0.3, 0.4) is 0 Å². The number of aromatic nitrogens is 8. The van der Waals surface area contributed by atoms with Gasteiger partial charge in [-0.1, -0.05) is 11.6 Å². The summed E-state index contributed by atoms with van der Waals surface area (Å²) in [5, 5.41) is 17.8. The summed E-state index contributed by atoms with van der Waals surface area (Å²) < 4.78 is 91.2. The van der Waals surface area contributed by atoms with Crippen LogP contribution in [0.4, 0.5) is 35.8 Å². The number of pyridine rings is 1. The molecule has 0 saturated carbocycles. The highest BCUT2D eigenvalue weighted by atomic mass is 35.5. The molecule has 0 aliphatic heterocycles. The Morgan fingerprint density at radius 1 is 0.902 bits per heavy atom. The predicted octanol–water partition coefficient (Wildman–Crippen LogP) is 3.31. The fraction of sp³-hybridized carbons (Fsp3) is 0.422. The molecule has 0 fully saturated rings. The number of nitrogens with one attached hydrogen (secondary N) is 5. The number of carboxylic acid groups (broad SMARTS) is 1. The normalized spacial score (nSPS) is 11.5. The Labute approximate surface area is 481 Å². The van der Waals surface area contributed by atoms with E-state index in [2.05, 4.69) is 64.6 Å². The van der Waals surface area contributed by atoms with E-state index >= 15 is 0 Å². The fourth-order valence-electron chi connectivity index (χ4n) is 5.41. The molecular weight excluding hydrogens is 1200 g/mol. The number of benzene rings is 1. The van der Waals surface area contributed by atoms with Crippen molar-refractivity contribution in [3.05, 3.63) is 96.6 Å². The van der Waals surface area contributed by atoms with Crippen molar-refractivity contribution < 1.29 is 74.4 Å². The molecule has 454 valence electrons. The van der Waals surface area contributed by atoms with Gasteiger partial charge in [0.2, 0.25) is 34.9 Å². The van der Waals surface area contributed by atoms with Crippen molar-refractivity contribution in [2.24, 2.45) is 7.05 Å². The van der Waals surface area contributed by atoms with Crippen LogP contribution in [0, 0.1) is 0 Å². The second-order valence-corrected chi connectivity index (χ2v) is 23.4. The number of amides is 3. The number of hydrogen-bond donors (Lipinski definition) is 7. The second-order valence-electron chi connectivity index (χ2n) is 17.0. The lowest BCUT2D eigenvalue weighted by molar-refractivity contribution is -0.193. The van der Waals surface area contributed by atoms with Crippen molar-refractivity contribution in [2.75, 3.05) is 82.4 Å². The first-order chi connectivity index (χ1) is 37.9. The van der Waals surface area contributed by atoms with Crippen molar-refractivity contribution in [2.45, 2.75) is 58.0 Å². The van der Waals surface area contributed by atoms with E-state index in [-0.39, 0.29) is 50.9 Å². The molecule has 82 heavy (non-hydrogen) atoms. The van der Waals surface area contributed by atoms with E-state index in [1.165, 1.54) is 69.7 Å². The summed E-state index contributed by atoms with van der Waals surface area (Å²) >= 11 is 11.7. The summed E-state index contributed by atoms with van der Waals surface area (Å²) in [6.07, 6.45) is 1.76. The molecule has 3 amide bonds. The van der Waals surface area contributed by atoms with Crippen molar-refractivity contribution in [3.8, 4) is 17.4 Å². The number of rotatable bonds is 17. The Kier molecular flexibility index (Phi) is 29.9. The SMILES string of the molecule is CC(C)OC(=O)c1cc(-n2c(=O)cc(C(F)(F)F)n(C)c2=O)ccc1Cl.CCNc1nc(Cl)nc(NC(C)C)n1.COc1cc(OC)nc(NC(=O)NS(=O)(=O)c2ncccc2C(=O)N(C)C)n1.C[S+](C)C.O=C(O)CNCP(=O)([O-])O. The van der Waals surface area contributed by atoms with Crippen LogP contribution in [0.1, 0.15) is 61.0 Å². The quantitative estimate of drug-likeness (QED) is 0.0399. The zero-order valence-corrected chi connectivity index (χ0v) is 50.3. The number of urea groups is 1. The number of sulfonamides is 1. The van der Waals surface area contributed by atoms with Gasteiger partial charge >= 0.3 is 29.8 Å². The standard InChI is InChI=1S/C16H14ClF3N2O4.C15H18N6O6S.C8H14ClN5.C3H8NO5P.C3H9S/c1-8(2)26-14(24)10-6-9(4-5-11(10)17)22-13(23)7-12(16(18,19)20)21(3)15(22)25;1-21(2)13(22)9-6-5-7-16-12(9)28(24,25)20-15(23)19-14-17-10(26-3)8-11(18-14)27-4;1-4-10-7-12-6(9)13-8(14-7)11-5(2)3;5-3(6)1-4-2-10(7,8)9;1-4(2)3/h4-8H,1-3H3;5-8H,1-4H3,(H2,17,18,19,20,23);5H,4H2,1-3H3,(H2,10,11,12,13,14);4H,1-2H2,(H,5,6)(H2,7,8,9);1-3H3/q;;;;+1/p-1. The molecule has 5 aromatic rings. The number of carboxylic acids is 1. The number of carbonyl (C=O) groups is 4. The van der Waals surface area contributed by atoms with Crippen molar-refractivity contribution in [3.63, 3.8) is 0 Å². The minimum Gasteiger partial charge on any atom is -0.778 e. The number of esters is 1. The maximum Gasteiger partial charge on any atom is 0.431 e. The zero-order valence-electron chi connectivity index (χ0n) is 46.3. The molecule has 0 aliphatic rings. The van der Waals surface area contributed by atoms with Crippen LogP contribution in [0.15, 0.2) is 63.3 Å². The summed E-state index contributed by atoms with van der Waals surface area (Å²) in [5.74, 6) is -1.63. The largest absolute Gasteiger partial charge is 0.778 e. The molecule has 4 heterocycles. The highest BCUT2D eigenvalue weighted by molar-refractivity contribution is 7.94. The lowest BCUT2D eigenvalue weighted by Crippen LogP contribution is -2.40. The summed E-state index contributed by atoms with van der Waals surface area (Å²) in [5.41, 5.74) is -4.19. The fourth-order valence-corrected chi connectivity index (χ4v) is 7.20. The Balaban J connectivity index is 0.000000569. The number of anilines is 3. The molecule has 0 aliphatic carbocycles. The number of hydrogen-bond acceptors (Lipinski definition) is 22. The van der Waals surface area contributed by atoms with E-state index in [4.69, 9.17) is 47.4 Å². The van der Waals surface area contributed by atoms with E-state index in [1.807, 2.05) is 26.1 Å². The number of alkyl halides is 3. The monoisotopic (exact) mass is 1260 g/mol. The number of methoxy groups -OCH3 is 2. The van der Waals surface area contributed by atoms with E-state index in [9.17, 15) is 59.8 Å². The molecule has 0 bridgehead atoms. The Bertz CT molecular complexity index is 3240. The van der Waals surface area contributed by atoms with Crippen LogP contribution in [-0.2, 0) is 48.2 Å². The molecule has 7 N–H and O–H groups in total. The minimum absolute atomic E-state index is 0.0104. The van der Waals surface area contributed by atoms with Crippen LogP contribution in [0.2, 0.25) is 10.3 Å². The third-order valence-electron chi connectivity index (χ3n) is 8.54. The predicted molar refractivity (Wildman–Crippen MR) is 298 cm³/mol. The molecule has 0 saturated heterocycles. The minimum atomic E-state index is -4.86. The summed E-state index contributed by atoms with van der Waals surface area (Å²) in [4.78, 5) is 113. The van der Waals surface area contributed by atoms with Crippen molar-refractivity contribution >= 4 is 93.4 Å². The molecule has 4 aromatic heterocycles. The van der Waals surface area contributed by atoms with E-state index in [1.54, 1.807) is 18.6 Å². The average molecular weight is 1260 g/mol. The zero-order chi connectivity index (χ0) is 63.0. The Hall–Kier alpha value is -7.20. The first-order valence-electron chi connectivity index (χ1n) is 23.1. The molecule has 5 rings (SSSR count). The van der Waals surface area contributed by atoms with Crippen molar-refractivity contribution in [1.82, 2.24) is 54.0 Å². The number of carbonyl (C=O) groups excluding carboxylic acids is 3. The highest BCUT2D eigenvalue weighted by Gasteiger charge is 2.35. The topological polar surface area (TPSA) is 395 Å². The van der Waals surface area contributed by atoms with Gasteiger partial charge in [0.05, 0.1) is 79.8 Å². The van der Waals surface area contributed by atoms with Gasteiger partial charge in [0.15, 0.2) is 5.03 Å². The van der Waals surface area contributed by atoms with Gasteiger partial charge in [-0.3, -0.25) is 29.6 Å². The summed E-state index contributed by atoms with van der Waals surface area (Å²) in [7, 11) is -1.66. The Morgan fingerprint density at radius 2 is 1.48 bits per heavy atom. The van der Waals surface area contributed by atoms with Crippen molar-refractivity contribution in [1.29, 1.82) is 0 Å². The second kappa shape index (κ2) is 33.7. The van der Waals surface area contributed by atoms with Gasteiger partial charge in [-0.15, -0.1) is 0 Å². The molecule has 29 nitrogen and oxygen atoms in total. The number of aliphatic carboxylic acids is 1. The first-order valence-corrected chi connectivity index (χ1v) is 29.6. The molecule has 0 spiro atoms. The molecule has 1 unspecified atom stereocenters. The van der Waals surface area contributed by atoms with Gasteiger partial charge in [-0.25, -0.2) is 28.7 Å². The third-order valence-corrected chi connectivity index (χ3v) is 11.0. The van der Waals surface area contributed by atoms with E-state index in [0.29, 0.717) is 38.0 Å². The summed E-state index contributed by atoms with van der Waals surface area (Å²) in [6, 6.07) is 7.08. The smallest absolute Gasteiger partial charge is 0.431 e. The van der Waals surface area contributed by atoms with Crippen LogP contribution < -0.4 is 51.6 Å². The van der Waals surface area contributed by atoms with E-state index in [0.717, 1.165) is 19.7 Å². The van der Waals surface area contributed by atoms with Gasteiger partial charge in [-0.2, -0.15) is 46.5 Å². The van der Waals surface area contributed by atoms with Crippen LogP contribution in [0.25, 0.3) is 5.69 Å². The van der Waals surface area contributed by atoms with Gasteiger partial charge in [0.1, 0.15) is 13.3 Å². The third kappa shape index (κ3) is 26.1. The van der Waals surface area contributed by atoms with Gasteiger partial charge in [-0.05, 0) is 87.4 Å². The van der Waals surface area contributed by atoms with Crippen LogP contribution >= 0.6 is 30.8 Å². The number of nitrogens with zero attached hydrogens (tertiary/aromatic N) is 9. The van der Waals surface area contributed by atoms with Gasteiger partial charge in [0, 0.05) is 46.0 Å². The van der Waals surface area contributed by atoms with Gasteiger partial charge in [0.25, 0.3) is 21.5 Å². The first kappa shape index (κ1) is 72.8. The van der Waals surface area contributed by atoms with Gasteiger partial charge < -0.3 is 49.2 Å². The number of ether oxygens (including phenoxy) is 3. The van der Waals surface area contributed by atoms with E-state index < -0.39 is 88.6 Å². The molecule has 1 aromatic carbocycles. The van der Waals surface area contributed by atoms with Crippen LogP contribution in [-0.4, -0.2) is 165 Å². The number of halogens is 5. The average Bonchev–Trinajstić information content (AvgIpc) is 3.55. The molecule has 0 radical (unpaired) electrons. The lowest BCUT2D eigenvalue weighted by Gasteiger charge is -2.15. The lowest BCUT2D eigenvalue weighted by atomic mass is 10.2. The molecule has 1 atom stereocenters. The maximum atomic E-state index is 12.9. The maximum absolute atomic E-state index is 12.9. The Morgan fingerprint density at radius 3 is 1.96 bits per heavy atom. The molecular formula is C45H62Cl2F3N14O15PS2.